The normalized spacial score (nSPS) is 15.4. The van der Waals surface area contributed by atoms with Crippen LogP contribution in [0.4, 0.5) is 0 Å². The van der Waals surface area contributed by atoms with Gasteiger partial charge in [0.05, 0.1) is 18.3 Å². The molecule has 0 unspecified atom stereocenters. The highest BCUT2D eigenvalue weighted by Crippen LogP contribution is 2.20. The summed E-state index contributed by atoms with van der Waals surface area (Å²) in [5.74, 6) is 1.42. The van der Waals surface area contributed by atoms with E-state index in [1.807, 2.05) is 30.3 Å². The molecule has 1 aliphatic carbocycles. The monoisotopic (exact) mass is 398 g/mol. The molecule has 1 heterocycles. The number of aliphatic imine (C=N–C) groups is 1. The standard InChI is InChI=1S/C23H34N4O2/c1-24-23(25-15-9-4-10-16-28-21-13-7-3-8-14-21)26-17-20-18-29-22(27-20)19-11-5-2-6-12-19/h2,5-6,11-12,18,21H,3-4,7-10,13-17H2,1H3,(H2,24,25,26). The first-order valence-electron chi connectivity index (χ1n) is 10.9. The predicted molar refractivity (Wildman–Crippen MR) is 117 cm³/mol. The number of nitrogens with zero attached hydrogens (tertiary/aromatic N) is 2. The van der Waals surface area contributed by atoms with Crippen molar-refractivity contribution < 1.29 is 9.15 Å². The number of rotatable bonds is 10. The molecule has 2 N–H and O–H groups in total. The van der Waals surface area contributed by atoms with Crippen molar-refractivity contribution >= 4 is 5.96 Å². The minimum absolute atomic E-state index is 0.517. The zero-order valence-electron chi connectivity index (χ0n) is 17.5. The Hall–Kier alpha value is -2.34. The molecule has 6 heteroatoms. The molecular weight excluding hydrogens is 364 g/mol. The molecule has 3 rings (SSSR count). The molecule has 1 aromatic carbocycles. The molecule has 0 aliphatic heterocycles. The average molecular weight is 399 g/mol. The third-order valence-corrected chi connectivity index (χ3v) is 5.25. The molecular formula is C23H34N4O2. The fourth-order valence-corrected chi connectivity index (χ4v) is 3.59. The van der Waals surface area contributed by atoms with Gasteiger partial charge in [-0.25, -0.2) is 4.98 Å². The van der Waals surface area contributed by atoms with Crippen LogP contribution in [-0.4, -0.2) is 37.2 Å². The van der Waals surface area contributed by atoms with E-state index in [2.05, 4.69) is 20.6 Å². The molecule has 29 heavy (non-hydrogen) atoms. The highest BCUT2D eigenvalue weighted by molar-refractivity contribution is 5.79. The molecule has 1 fully saturated rings. The zero-order valence-corrected chi connectivity index (χ0v) is 17.5. The maximum atomic E-state index is 5.98. The lowest BCUT2D eigenvalue weighted by atomic mass is 9.98. The number of ether oxygens (including phenoxy) is 1. The van der Waals surface area contributed by atoms with Gasteiger partial charge in [-0.3, -0.25) is 4.99 Å². The number of oxazole rings is 1. The minimum atomic E-state index is 0.517. The number of hydrogen-bond donors (Lipinski definition) is 2. The summed E-state index contributed by atoms with van der Waals surface area (Å²) in [6.07, 6.45) is 12.2. The highest BCUT2D eigenvalue weighted by Gasteiger charge is 2.13. The summed E-state index contributed by atoms with van der Waals surface area (Å²) in [6.45, 7) is 2.37. The van der Waals surface area contributed by atoms with Crippen molar-refractivity contribution in [1.82, 2.24) is 15.6 Å². The summed E-state index contributed by atoms with van der Waals surface area (Å²) >= 11 is 0. The average Bonchev–Trinajstić information content (AvgIpc) is 3.25. The fourth-order valence-electron chi connectivity index (χ4n) is 3.59. The number of hydrogen-bond acceptors (Lipinski definition) is 4. The topological polar surface area (TPSA) is 71.7 Å². The summed E-state index contributed by atoms with van der Waals surface area (Å²) in [6, 6.07) is 9.92. The van der Waals surface area contributed by atoms with Crippen molar-refractivity contribution in [2.75, 3.05) is 20.2 Å². The van der Waals surface area contributed by atoms with Crippen LogP contribution in [0.3, 0.4) is 0 Å². The van der Waals surface area contributed by atoms with E-state index in [0.29, 0.717) is 18.5 Å². The molecule has 0 saturated heterocycles. The van der Waals surface area contributed by atoms with E-state index in [0.717, 1.165) is 43.2 Å². The molecule has 1 saturated carbocycles. The lowest BCUT2D eigenvalue weighted by molar-refractivity contribution is 0.0264. The molecule has 0 radical (unpaired) electrons. The Bertz CT molecular complexity index is 723. The third kappa shape index (κ3) is 7.54. The van der Waals surface area contributed by atoms with Gasteiger partial charge >= 0.3 is 0 Å². The van der Waals surface area contributed by atoms with Gasteiger partial charge in [0.25, 0.3) is 0 Å². The van der Waals surface area contributed by atoms with Crippen LogP contribution >= 0.6 is 0 Å². The summed E-state index contributed by atoms with van der Waals surface area (Å²) in [4.78, 5) is 8.80. The largest absolute Gasteiger partial charge is 0.444 e. The summed E-state index contributed by atoms with van der Waals surface area (Å²) in [5.41, 5.74) is 1.83. The molecule has 2 aromatic rings. The van der Waals surface area contributed by atoms with Gasteiger partial charge in [0, 0.05) is 25.8 Å². The number of aromatic nitrogens is 1. The second-order valence-electron chi connectivity index (χ2n) is 7.55. The molecule has 0 amide bonds. The van der Waals surface area contributed by atoms with Crippen LogP contribution in [-0.2, 0) is 11.3 Å². The first-order valence-corrected chi connectivity index (χ1v) is 10.9. The van der Waals surface area contributed by atoms with Crippen LogP contribution in [0.15, 0.2) is 46.0 Å². The predicted octanol–water partition coefficient (Wildman–Crippen LogP) is 4.53. The zero-order chi connectivity index (χ0) is 20.2. The molecule has 158 valence electrons. The number of nitrogens with one attached hydrogen (secondary N) is 2. The van der Waals surface area contributed by atoms with Gasteiger partial charge in [0.1, 0.15) is 6.26 Å². The van der Waals surface area contributed by atoms with Gasteiger partial charge in [-0.15, -0.1) is 0 Å². The minimum Gasteiger partial charge on any atom is -0.444 e. The molecule has 0 bridgehead atoms. The molecule has 0 atom stereocenters. The highest BCUT2D eigenvalue weighted by atomic mass is 16.5. The van der Waals surface area contributed by atoms with Gasteiger partial charge in [-0.2, -0.15) is 0 Å². The summed E-state index contributed by atoms with van der Waals surface area (Å²) in [7, 11) is 1.78. The van der Waals surface area contributed by atoms with E-state index in [1.165, 1.54) is 38.5 Å². The Kier molecular flexibility index (Phi) is 9.04. The van der Waals surface area contributed by atoms with Crippen LogP contribution in [0.1, 0.15) is 57.1 Å². The smallest absolute Gasteiger partial charge is 0.226 e. The van der Waals surface area contributed by atoms with Crippen LogP contribution in [0.25, 0.3) is 11.5 Å². The maximum Gasteiger partial charge on any atom is 0.226 e. The Morgan fingerprint density at radius 2 is 1.93 bits per heavy atom. The quantitative estimate of drug-likeness (QED) is 0.350. The molecule has 6 nitrogen and oxygen atoms in total. The van der Waals surface area contributed by atoms with Gasteiger partial charge in [-0.1, -0.05) is 37.5 Å². The van der Waals surface area contributed by atoms with E-state index in [9.17, 15) is 0 Å². The molecule has 1 aliphatic rings. The first kappa shape index (κ1) is 21.4. The van der Waals surface area contributed by atoms with Gasteiger partial charge in [-0.05, 0) is 44.2 Å². The lowest BCUT2D eigenvalue weighted by Crippen LogP contribution is -2.37. The van der Waals surface area contributed by atoms with Crippen LogP contribution in [0.5, 0.6) is 0 Å². The van der Waals surface area contributed by atoms with Crippen molar-refractivity contribution in [1.29, 1.82) is 0 Å². The number of guanidine groups is 1. The van der Waals surface area contributed by atoms with Gasteiger partial charge in [0.2, 0.25) is 5.89 Å². The van der Waals surface area contributed by atoms with E-state index >= 15 is 0 Å². The van der Waals surface area contributed by atoms with Crippen molar-refractivity contribution in [2.24, 2.45) is 4.99 Å². The lowest BCUT2D eigenvalue weighted by Gasteiger charge is -2.21. The Labute approximate surface area is 174 Å². The maximum absolute atomic E-state index is 5.98. The Morgan fingerprint density at radius 1 is 1.10 bits per heavy atom. The first-order chi connectivity index (χ1) is 14.3. The Balaban J connectivity index is 1.26. The van der Waals surface area contributed by atoms with Crippen molar-refractivity contribution in [3.63, 3.8) is 0 Å². The summed E-state index contributed by atoms with van der Waals surface area (Å²) < 4.78 is 11.6. The van der Waals surface area contributed by atoms with Gasteiger partial charge in [0.15, 0.2) is 5.96 Å². The van der Waals surface area contributed by atoms with E-state index in [1.54, 1.807) is 13.3 Å². The van der Waals surface area contributed by atoms with Crippen LogP contribution in [0.2, 0.25) is 0 Å². The van der Waals surface area contributed by atoms with Crippen molar-refractivity contribution in [3.05, 3.63) is 42.3 Å². The van der Waals surface area contributed by atoms with E-state index < -0.39 is 0 Å². The Morgan fingerprint density at radius 3 is 2.72 bits per heavy atom. The summed E-state index contributed by atoms with van der Waals surface area (Å²) in [5, 5.41) is 6.65. The van der Waals surface area contributed by atoms with Gasteiger partial charge < -0.3 is 19.8 Å². The second kappa shape index (κ2) is 12.3. The molecule has 1 aromatic heterocycles. The van der Waals surface area contributed by atoms with Crippen LogP contribution < -0.4 is 10.6 Å². The van der Waals surface area contributed by atoms with Crippen LogP contribution in [0, 0.1) is 0 Å². The fraction of sp³-hybridized carbons (Fsp3) is 0.565. The number of unbranched alkanes of at least 4 members (excludes halogenated alkanes) is 2. The molecule has 0 spiro atoms. The van der Waals surface area contributed by atoms with Crippen molar-refractivity contribution in [3.8, 4) is 11.5 Å². The second-order valence-corrected chi connectivity index (χ2v) is 7.55. The third-order valence-electron chi connectivity index (χ3n) is 5.25. The van der Waals surface area contributed by atoms with Crippen molar-refractivity contribution in [2.45, 2.75) is 64.0 Å². The SMILES string of the molecule is CN=C(NCCCCCOC1CCCCC1)NCc1coc(-c2ccccc2)n1. The van der Waals surface area contributed by atoms with E-state index in [-0.39, 0.29) is 0 Å². The number of benzene rings is 1. The van der Waals surface area contributed by atoms with E-state index in [4.69, 9.17) is 9.15 Å².